The van der Waals surface area contributed by atoms with Crippen LogP contribution in [0.5, 0.6) is 0 Å². The zero-order valence-corrected chi connectivity index (χ0v) is 9.25. The lowest BCUT2D eigenvalue weighted by Gasteiger charge is -2.02. The second kappa shape index (κ2) is 3.52. The van der Waals surface area contributed by atoms with Gasteiger partial charge in [0.05, 0.1) is 4.92 Å². The van der Waals surface area contributed by atoms with Crippen LogP contribution in [0.25, 0.3) is 10.8 Å². The smallest absolute Gasteiger partial charge is 0.285 e. The number of rotatable bonds is 2. The highest BCUT2D eigenvalue weighted by molar-refractivity contribution is 6.57. The van der Waals surface area contributed by atoms with Crippen LogP contribution in [0.2, 0.25) is 0 Å². The van der Waals surface area contributed by atoms with Crippen molar-refractivity contribution in [2.24, 2.45) is 5.18 Å². The zero-order chi connectivity index (χ0) is 13.7. The number of hydrogen-bond acceptors (Lipinski definition) is 6. The summed E-state index contributed by atoms with van der Waals surface area (Å²) in [5.41, 5.74) is -0.835. The molecule has 0 aromatic heterocycles. The van der Waals surface area contributed by atoms with E-state index in [1.54, 1.807) is 0 Å². The van der Waals surface area contributed by atoms with Crippen LogP contribution >= 0.6 is 0 Å². The molecule has 2 aromatic carbocycles. The van der Waals surface area contributed by atoms with Crippen molar-refractivity contribution in [2.45, 2.75) is 0 Å². The number of benzene rings is 2. The molecule has 0 heterocycles. The minimum absolute atomic E-state index is 0.0466. The van der Waals surface area contributed by atoms with Crippen LogP contribution in [0.4, 0.5) is 11.4 Å². The molecule has 0 spiro atoms. The Morgan fingerprint density at radius 3 is 2.42 bits per heavy atom. The van der Waals surface area contributed by atoms with E-state index in [2.05, 4.69) is 5.18 Å². The molecule has 0 aliphatic heterocycles. The maximum absolute atomic E-state index is 11.8. The largest absolute Gasteiger partial charge is 0.299 e. The number of carbonyl (C=O) groups is 2. The first-order valence-electron chi connectivity index (χ1n) is 5.22. The summed E-state index contributed by atoms with van der Waals surface area (Å²) in [5.74, 6) is -1.52. The summed E-state index contributed by atoms with van der Waals surface area (Å²) in [7, 11) is 0. The molecule has 0 radical (unpaired) electrons. The van der Waals surface area contributed by atoms with Crippen molar-refractivity contribution in [1.82, 2.24) is 0 Å². The summed E-state index contributed by atoms with van der Waals surface area (Å²) >= 11 is 0. The van der Waals surface area contributed by atoms with Crippen LogP contribution in [0.1, 0.15) is 20.7 Å². The number of ketones is 2. The first-order valence-corrected chi connectivity index (χ1v) is 5.22. The van der Waals surface area contributed by atoms with E-state index >= 15 is 0 Å². The van der Waals surface area contributed by atoms with Gasteiger partial charge >= 0.3 is 0 Å². The fourth-order valence-electron chi connectivity index (χ4n) is 2.30. The van der Waals surface area contributed by atoms with Gasteiger partial charge in [0, 0.05) is 28.0 Å². The highest BCUT2D eigenvalue weighted by Crippen LogP contribution is 2.42. The molecule has 7 nitrogen and oxygen atoms in total. The molecule has 0 amide bonds. The zero-order valence-electron chi connectivity index (χ0n) is 9.25. The van der Waals surface area contributed by atoms with Crippen LogP contribution in [0.3, 0.4) is 0 Å². The lowest BCUT2D eigenvalue weighted by Crippen LogP contribution is -2.06. The maximum atomic E-state index is 11.8. The van der Waals surface area contributed by atoms with Gasteiger partial charge in [-0.1, -0.05) is 18.2 Å². The molecule has 7 heteroatoms. The van der Waals surface area contributed by atoms with E-state index in [4.69, 9.17) is 0 Å². The van der Waals surface area contributed by atoms with Crippen LogP contribution in [0, 0.1) is 15.0 Å². The van der Waals surface area contributed by atoms with Crippen molar-refractivity contribution in [3.8, 4) is 0 Å². The van der Waals surface area contributed by atoms with E-state index in [-0.39, 0.29) is 27.6 Å². The van der Waals surface area contributed by atoms with Crippen molar-refractivity contribution in [2.75, 3.05) is 0 Å². The molecule has 92 valence electrons. The van der Waals surface area contributed by atoms with Gasteiger partial charge < -0.3 is 0 Å². The van der Waals surface area contributed by atoms with Crippen molar-refractivity contribution < 1.29 is 14.5 Å². The van der Waals surface area contributed by atoms with Crippen molar-refractivity contribution in [1.29, 1.82) is 0 Å². The van der Waals surface area contributed by atoms with Gasteiger partial charge in [0.15, 0.2) is 5.69 Å². The predicted molar refractivity (Wildman–Crippen MR) is 64.7 cm³/mol. The molecule has 0 saturated heterocycles. The van der Waals surface area contributed by atoms with Gasteiger partial charge in [-0.25, -0.2) is 0 Å². The molecule has 0 N–H and O–H groups in total. The molecule has 0 unspecified atom stereocenters. The summed E-state index contributed by atoms with van der Waals surface area (Å²) in [4.78, 5) is 44.4. The van der Waals surface area contributed by atoms with Gasteiger partial charge in [0.1, 0.15) is 0 Å². The second-order valence-electron chi connectivity index (χ2n) is 4.03. The molecule has 3 rings (SSSR count). The summed E-state index contributed by atoms with van der Waals surface area (Å²) in [6.07, 6.45) is 0. The third-order valence-corrected chi connectivity index (χ3v) is 3.10. The summed E-state index contributed by atoms with van der Waals surface area (Å²) in [5, 5.41) is 14.0. The van der Waals surface area contributed by atoms with Crippen LogP contribution in [-0.2, 0) is 0 Å². The molecular formula is C12H4N2O5. The van der Waals surface area contributed by atoms with Crippen molar-refractivity contribution in [3.05, 3.63) is 50.4 Å². The standard InChI is InChI=1S/C12H4N2O5/c15-11-6-3-1-2-5-9(6)7(12(11)16)4-8(14(18)19)10(5)13-17/h1-4H. The fourth-order valence-corrected chi connectivity index (χ4v) is 2.30. The van der Waals surface area contributed by atoms with Gasteiger partial charge in [-0.05, 0) is 5.18 Å². The third kappa shape index (κ3) is 1.26. The second-order valence-corrected chi connectivity index (χ2v) is 4.03. The van der Waals surface area contributed by atoms with Crippen molar-refractivity contribution >= 4 is 33.7 Å². The van der Waals surface area contributed by atoms with E-state index in [0.29, 0.717) is 0 Å². The fraction of sp³-hybridized carbons (Fsp3) is 0. The van der Waals surface area contributed by atoms with Gasteiger partial charge in [0.2, 0.25) is 11.6 Å². The molecule has 0 fully saturated rings. The Balaban J connectivity index is 2.59. The first kappa shape index (κ1) is 11.1. The molecule has 19 heavy (non-hydrogen) atoms. The Hall–Kier alpha value is -2.96. The summed E-state index contributed by atoms with van der Waals surface area (Å²) in [6, 6.07) is 5.27. The van der Waals surface area contributed by atoms with E-state index in [1.807, 2.05) is 0 Å². The number of nitro benzene ring substituents is 1. The van der Waals surface area contributed by atoms with Gasteiger partial charge in [-0.15, -0.1) is 4.91 Å². The Labute approximate surface area is 105 Å². The van der Waals surface area contributed by atoms with Gasteiger partial charge in [-0.2, -0.15) is 0 Å². The molecule has 2 aromatic rings. The maximum Gasteiger partial charge on any atom is 0.299 e. The molecule has 0 bridgehead atoms. The normalized spacial score (nSPS) is 13.1. The van der Waals surface area contributed by atoms with Crippen LogP contribution in [-0.4, -0.2) is 16.5 Å². The molecule has 1 aliphatic rings. The number of nitroso groups, excluding NO2 is 1. The molecule has 0 saturated carbocycles. The predicted octanol–water partition coefficient (Wildman–Crippen LogP) is 2.52. The SMILES string of the molecule is O=Nc1c([N+](=O)[O-])cc2c3c(cccc13)C(=O)C2=O. The van der Waals surface area contributed by atoms with Crippen LogP contribution in [0.15, 0.2) is 29.4 Å². The number of hydrogen-bond donors (Lipinski definition) is 0. The van der Waals surface area contributed by atoms with E-state index in [0.717, 1.165) is 6.07 Å². The topological polar surface area (TPSA) is 107 Å². The lowest BCUT2D eigenvalue weighted by molar-refractivity contribution is -0.384. The average Bonchev–Trinajstić information content (AvgIpc) is 2.65. The van der Waals surface area contributed by atoms with Crippen LogP contribution < -0.4 is 0 Å². The lowest BCUT2D eigenvalue weighted by atomic mass is 10.0. The number of carbonyl (C=O) groups excluding carboxylic acids is 2. The Kier molecular flexibility index (Phi) is 2.06. The van der Waals surface area contributed by atoms with E-state index in [1.165, 1.54) is 18.2 Å². The summed E-state index contributed by atoms with van der Waals surface area (Å²) in [6.45, 7) is 0. The monoisotopic (exact) mass is 256 g/mol. The van der Waals surface area contributed by atoms with Crippen molar-refractivity contribution in [3.63, 3.8) is 0 Å². The third-order valence-electron chi connectivity index (χ3n) is 3.10. The summed E-state index contributed by atoms with van der Waals surface area (Å²) < 4.78 is 0. The van der Waals surface area contributed by atoms with E-state index in [9.17, 15) is 24.6 Å². The first-order chi connectivity index (χ1) is 9.06. The Morgan fingerprint density at radius 1 is 1.11 bits per heavy atom. The Bertz CT molecular complexity index is 809. The minimum atomic E-state index is -0.799. The Morgan fingerprint density at radius 2 is 1.79 bits per heavy atom. The minimum Gasteiger partial charge on any atom is -0.285 e. The highest BCUT2D eigenvalue weighted by atomic mass is 16.6. The number of nitrogens with zero attached hydrogens (tertiary/aromatic N) is 2. The number of nitro groups is 1. The molecule has 1 aliphatic carbocycles. The van der Waals surface area contributed by atoms with Gasteiger partial charge in [0.25, 0.3) is 5.69 Å². The van der Waals surface area contributed by atoms with Gasteiger partial charge in [-0.3, -0.25) is 19.7 Å². The molecular weight excluding hydrogens is 252 g/mol. The average molecular weight is 256 g/mol. The highest BCUT2D eigenvalue weighted by Gasteiger charge is 2.35. The number of Topliss-reactive ketones (excluding diaryl/α,β-unsaturated/α-hetero) is 2. The quantitative estimate of drug-likeness (QED) is 0.355. The molecule has 0 atom stereocenters. The van der Waals surface area contributed by atoms with E-state index < -0.39 is 22.2 Å².